The van der Waals surface area contributed by atoms with Crippen molar-refractivity contribution in [2.24, 2.45) is 5.92 Å². The van der Waals surface area contributed by atoms with Crippen LogP contribution in [-0.2, 0) is 33.2 Å². The van der Waals surface area contributed by atoms with Crippen molar-refractivity contribution in [2.45, 2.75) is 209 Å². The quantitative estimate of drug-likeness (QED) is 0.0600. The molecule has 0 bridgehead atoms. The van der Waals surface area contributed by atoms with Crippen LogP contribution in [0.3, 0.4) is 0 Å². The monoisotopic (exact) mass is 633 g/mol. The predicted octanol–water partition coefficient (Wildman–Crippen LogP) is 10.6. The van der Waals surface area contributed by atoms with Gasteiger partial charge >= 0.3 is 11.8 Å². The second-order valence-corrected chi connectivity index (χ2v) is 14.1. The molecule has 0 aromatic carbocycles. The Balaban J connectivity index is 7.92. The van der Waals surface area contributed by atoms with E-state index in [9.17, 15) is 0 Å². The molecular formula is C37H76O7. The van der Waals surface area contributed by atoms with E-state index in [0.29, 0.717) is 32.8 Å². The zero-order chi connectivity index (χ0) is 33.7. The summed E-state index contributed by atoms with van der Waals surface area (Å²) in [4.78, 5) is 0. The summed E-state index contributed by atoms with van der Waals surface area (Å²) in [6, 6.07) is 0. The van der Waals surface area contributed by atoms with Crippen LogP contribution < -0.4 is 0 Å². The van der Waals surface area contributed by atoms with Gasteiger partial charge in [0.15, 0.2) is 0 Å². The van der Waals surface area contributed by atoms with Gasteiger partial charge in [-0.15, -0.1) is 0 Å². The molecule has 0 aliphatic carbocycles. The van der Waals surface area contributed by atoms with Gasteiger partial charge in [0.1, 0.15) is 0 Å². The molecular weight excluding hydrogens is 556 g/mol. The topological polar surface area (TPSA) is 64.6 Å². The van der Waals surface area contributed by atoms with Crippen LogP contribution in [0.25, 0.3) is 0 Å². The van der Waals surface area contributed by atoms with Crippen molar-refractivity contribution >= 4 is 0 Å². The minimum absolute atomic E-state index is 0.187. The fourth-order valence-corrected chi connectivity index (χ4v) is 5.01. The van der Waals surface area contributed by atoms with Crippen LogP contribution in [0.2, 0.25) is 0 Å². The Bertz CT molecular complexity index is 679. The summed E-state index contributed by atoms with van der Waals surface area (Å²) >= 11 is 0. The number of unbranched alkanes of at least 4 members (excludes halogenated alkanes) is 7. The molecule has 44 heavy (non-hydrogen) atoms. The zero-order valence-corrected chi connectivity index (χ0v) is 31.6. The van der Waals surface area contributed by atoms with Crippen molar-refractivity contribution in [3.63, 3.8) is 0 Å². The second kappa shape index (κ2) is 23.1. The third kappa shape index (κ3) is 15.1. The SMILES string of the molecule is CCCCCCOC(OCCCCC)(OC(C)(C)C)C(OCC(C)C)(OC(C)CC)C(CCCC)(OCCCC)OC(C)C. The number of hydrogen-bond acceptors (Lipinski definition) is 7. The average molecular weight is 633 g/mol. The smallest absolute Gasteiger partial charge is 0.345 e. The van der Waals surface area contributed by atoms with Crippen LogP contribution in [0.15, 0.2) is 0 Å². The molecule has 4 atom stereocenters. The predicted molar refractivity (Wildman–Crippen MR) is 183 cm³/mol. The molecule has 4 unspecified atom stereocenters. The van der Waals surface area contributed by atoms with Crippen LogP contribution in [-0.4, -0.2) is 61.8 Å². The summed E-state index contributed by atoms with van der Waals surface area (Å²) in [5.74, 6) is -4.63. The summed E-state index contributed by atoms with van der Waals surface area (Å²) in [6.07, 6.45) is 11.7. The van der Waals surface area contributed by atoms with Crippen LogP contribution >= 0.6 is 0 Å². The Hall–Kier alpha value is -0.280. The third-order valence-corrected chi connectivity index (χ3v) is 7.36. The molecule has 7 nitrogen and oxygen atoms in total. The standard InChI is InChI=1S/C37H76O7/c1-14-19-23-25-29-40-37(44-34(11,12)13,39-28-24-20-15-2)36(41-30-31(6)7,43-33(10)18-5)35(26-21-16-3,42-32(8)9)38-27-22-17-4/h31-33H,14-30H2,1-13H3. The van der Waals surface area contributed by atoms with Crippen molar-refractivity contribution in [1.29, 1.82) is 0 Å². The summed E-state index contributed by atoms with van der Waals surface area (Å²) in [7, 11) is 0. The van der Waals surface area contributed by atoms with Gasteiger partial charge in [0.05, 0.1) is 44.2 Å². The molecule has 0 aliphatic heterocycles. The van der Waals surface area contributed by atoms with Crippen LogP contribution in [0.4, 0.5) is 0 Å². The maximum atomic E-state index is 7.23. The molecule has 0 rings (SSSR count). The average Bonchev–Trinajstić information content (AvgIpc) is 2.94. The van der Waals surface area contributed by atoms with Gasteiger partial charge in [-0.05, 0) is 79.6 Å². The zero-order valence-electron chi connectivity index (χ0n) is 31.6. The molecule has 0 saturated carbocycles. The Labute approximate surface area is 274 Å². The van der Waals surface area contributed by atoms with E-state index in [1.54, 1.807) is 0 Å². The van der Waals surface area contributed by atoms with Crippen molar-refractivity contribution in [2.75, 3.05) is 26.4 Å². The molecule has 0 saturated heterocycles. The summed E-state index contributed by atoms with van der Waals surface area (Å²) in [5.41, 5.74) is -0.669. The molecule has 0 spiro atoms. The van der Waals surface area contributed by atoms with Gasteiger partial charge in [-0.1, -0.05) is 93.4 Å². The first-order chi connectivity index (χ1) is 20.7. The fraction of sp³-hybridized carbons (Fsp3) is 1.00. The maximum absolute atomic E-state index is 7.23. The Kier molecular flexibility index (Phi) is 23.0. The number of hydrogen-bond donors (Lipinski definition) is 0. The largest absolute Gasteiger partial charge is 0.347 e. The lowest BCUT2D eigenvalue weighted by atomic mass is 9.93. The van der Waals surface area contributed by atoms with Crippen molar-refractivity contribution in [3.8, 4) is 0 Å². The van der Waals surface area contributed by atoms with Gasteiger partial charge in [0.25, 0.3) is 0 Å². The number of rotatable bonds is 29. The molecule has 266 valence electrons. The van der Waals surface area contributed by atoms with Crippen LogP contribution in [0.5, 0.6) is 0 Å². The van der Waals surface area contributed by atoms with Crippen LogP contribution in [0, 0.1) is 5.92 Å². The lowest BCUT2D eigenvalue weighted by Crippen LogP contribution is -2.76. The highest BCUT2D eigenvalue weighted by atomic mass is 16.9. The van der Waals surface area contributed by atoms with E-state index < -0.39 is 23.1 Å². The first-order valence-corrected chi connectivity index (χ1v) is 18.4. The summed E-state index contributed by atoms with van der Waals surface area (Å²) in [5, 5.41) is 0. The fourth-order valence-electron chi connectivity index (χ4n) is 5.01. The molecule has 0 radical (unpaired) electrons. The van der Waals surface area contributed by atoms with Gasteiger partial charge in [0, 0.05) is 6.42 Å². The van der Waals surface area contributed by atoms with Crippen molar-refractivity contribution in [1.82, 2.24) is 0 Å². The van der Waals surface area contributed by atoms with E-state index in [-0.39, 0.29) is 18.1 Å². The Morgan fingerprint density at radius 1 is 0.545 bits per heavy atom. The summed E-state index contributed by atoms with van der Waals surface area (Å²) in [6.45, 7) is 29.1. The van der Waals surface area contributed by atoms with E-state index in [2.05, 4.69) is 55.4 Å². The molecule has 7 heteroatoms. The lowest BCUT2D eigenvalue weighted by molar-refractivity contribution is -0.569. The lowest BCUT2D eigenvalue weighted by Gasteiger charge is -2.57. The molecule has 0 amide bonds. The molecule has 0 aromatic rings. The van der Waals surface area contributed by atoms with Crippen molar-refractivity contribution in [3.05, 3.63) is 0 Å². The van der Waals surface area contributed by atoms with Gasteiger partial charge in [-0.3, -0.25) is 0 Å². The first-order valence-electron chi connectivity index (χ1n) is 18.4. The molecule has 0 aliphatic rings. The minimum atomic E-state index is -1.77. The van der Waals surface area contributed by atoms with Gasteiger partial charge in [0.2, 0.25) is 5.79 Å². The first kappa shape index (κ1) is 43.7. The van der Waals surface area contributed by atoms with E-state index in [1.807, 2.05) is 34.6 Å². The molecule has 0 aromatic heterocycles. The van der Waals surface area contributed by atoms with Gasteiger partial charge < -0.3 is 33.2 Å². The highest BCUT2D eigenvalue weighted by Crippen LogP contribution is 2.51. The highest BCUT2D eigenvalue weighted by Gasteiger charge is 2.73. The molecule has 0 heterocycles. The normalized spacial score (nSPS) is 17.5. The number of ether oxygens (including phenoxy) is 7. The van der Waals surface area contributed by atoms with Crippen molar-refractivity contribution < 1.29 is 33.2 Å². The Morgan fingerprint density at radius 3 is 1.55 bits per heavy atom. The van der Waals surface area contributed by atoms with E-state index in [4.69, 9.17) is 33.2 Å². The molecule has 0 N–H and O–H groups in total. The van der Waals surface area contributed by atoms with E-state index >= 15 is 0 Å². The van der Waals surface area contributed by atoms with Gasteiger partial charge in [-0.2, -0.15) is 0 Å². The molecule has 0 fully saturated rings. The highest BCUT2D eigenvalue weighted by molar-refractivity contribution is 5.00. The minimum Gasteiger partial charge on any atom is -0.345 e. The van der Waals surface area contributed by atoms with Crippen LogP contribution in [0.1, 0.15) is 173 Å². The third-order valence-electron chi connectivity index (χ3n) is 7.36. The second-order valence-electron chi connectivity index (χ2n) is 14.1. The summed E-state index contributed by atoms with van der Waals surface area (Å²) < 4.78 is 49.5. The maximum Gasteiger partial charge on any atom is 0.347 e. The van der Waals surface area contributed by atoms with Gasteiger partial charge in [-0.25, -0.2) is 0 Å². The Morgan fingerprint density at radius 2 is 1.07 bits per heavy atom. The van der Waals surface area contributed by atoms with E-state index in [1.165, 1.54) is 0 Å². The van der Waals surface area contributed by atoms with E-state index in [0.717, 1.165) is 77.0 Å².